The van der Waals surface area contributed by atoms with Crippen LogP contribution in [0.2, 0.25) is 0 Å². The fraction of sp³-hybridized carbons (Fsp3) is 0.324. The summed E-state index contributed by atoms with van der Waals surface area (Å²) in [5.41, 5.74) is 5.69. The maximum atomic E-state index is 14.3. The van der Waals surface area contributed by atoms with Gasteiger partial charge in [0.1, 0.15) is 18.2 Å². The molecule has 47 heavy (non-hydrogen) atoms. The van der Waals surface area contributed by atoms with Gasteiger partial charge in [-0.1, -0.05) is 18.2 Å². The Hall–Kier alpha value is -4.98. The van der Waals surface area contributed by atoms with E-state index in [1.165, 1.54) is 6.07 Å². The SMILES string of the molecule is CC(=O)c1cc(-c2ccccn2)c2nc(CN3CCC(c4cccc(OCc5ccc(C#N)cc5F)n4)CC3)n(C[C@@H]3CCO3)c2c1. The first-order valence-electron chi connectivity index (χ1n) is 16.0. The molecule has 2 aliphatic heterocycles. The third-order valence-electron chi connectivity index (χ3n) is 9.13. The minimum absolute atomic E-state index is 0.00449. The summed E-state index contributed by atoms with van der Waals surface area (Å²) < 4.78 is 28.2. The summed E-state index contributed by atoms with van der Waals surface area (Å²) in [6.45, 7) is 5.52. The van der Waals surface area contributed by atoms with Crippen LogP contribution in [0.1, 0.15) is 65.1 Å². The van der Waals surface area contributed by atoms with Crippen LogP contribution in [0.5, 0.6) is 5.88 Å². The molecule has 2 saturated heterocycles. The zero-order valence-corrected chi connectivity index (χ0v) is 26.2. The van der Waals surface area contributed by atoms with Gasteiger partial charge in [0, 0.05) is 47.2 Å². The fourth-order valence-electron chi connectivity index (χ4n) is 6.36. The summed E-state index contributed by atoms with van der Waals surface area (Å²) in [7, 11) is 0. The van der Waals surface area contributed by atoms with Crippen LogP contribution in [0.3, 0.4) is 0 Å². The molecule has 7 rings (SSSR count). The summed E-state index contributed by atoms with van der Waals surface area (Å²) in [6, 6.07) is 21.7. The Balaban J connectivity index is 1.08. The lowest BCUT2D eigenvalue weighted by atomic mass is 9.93. The van der Waals surface area contributed by atoms with Crippen molar-refractivity contribution in [3.05, 3.63) is 107 Å². The highest BCUT2D eigenvalue weighted by molar-refractivity contribution is 6.02. The van der Waals surface area contributed by atoms with E-state index in [0.29, 0.717) is 30.1 Å². The van der Waals surface area contributed by atoms with Gasteiger partial charge >= 0.3 is 0 Å². The van der Waals surface area contributed by atoms with Crippen molar-refractivity contribution >= 4 is 16.8 Å². The van der Waals surface area contributed by atoms with Crippen LogP contribution in [-0.4, -0.2) is 56.0 Å². The van der Waals surface area contributed by atoms with Crippen LogP contribution in [0.15, 0.2) is 72.9 Å². The third kappa shape index (κ3) is 6.64. The normalized spacial score (nSPS) is 16.9. The fourth-order valence-corrected chi connectivity index (χ4v) is 6.36. The van der Waals surface area contributed by atoms with Crippen molar-refractivity contribution in [2.75, 3.05) is 19.7 Å². The smallest absolute Gasteiger partial charge is 0.213 e. The number of piperidine rings is 1. The van der Waals surface area contributed by atoms with E-state index in [1.54, 1.807) is 31.3 Å². The molecule has 0 amide bonds. The molecule has 0 N–H and O–H groups in total. The van der Waals surface area contributed by atoms with E-state index in [0.717, 1.165) is 72.8 Å². The monoisotopic (exact) mass is 630 g/mol. The van der Waals surface area contributed by atoms with Gasteiger partial charge in [-0.25, -0.2) is 14.4 Å². The molecule has 0 aliphatic carbocycles. The Morgan fingerprint density at radius 2 is 1.91 bits per heavy atom. The van der Waals surface area contributed by atoms with Crippen LogP contribution < -0.4 is 4.74 Å². The molecule has 0 unspecified atom stereocenters. The summed E-state index contributed by atoms with van der Waals surface area (Å²) >= 11 is 0. The number of benzene rings is 2. The van der Waals surface area contributed by atoms with Crippen LogP contribution in [0.25, 0.3) is 22.3 Å². The summed E-state index contributed by atoms with van der Waals surface area (Å²) in [4.78, 5) is 29.5. The van der Waals surface area contributed by atoms with Gasteiger partial charge in [-0.05, 0) is 81.7 Å². The van der Waals surface area contributed by atoms with Crippen LogP contribution in [-0.2, 0) is 24.4 Å². The zero-order valence-electron chi connectivity index (χ0n) is 26.2. The van der Waals surface area contributed by atoms with Crippen molar-refractivity contribution in [1.29, 1.82) is 5.26 Å². The number of nitrogens with zero attached hydrogens (tertiary/aromatic N) is 6. The Kier molecular flexibility index (Phi) is 8.74. The third-order valence-corrected chi connectivity index (χ3v) is 9.13. The van der Waals surface area contributed by atoms with E-state index in [-0.39, 0.29) is 30.0 Å². The Morgan fingerprint density at radius 3 is 2.62 bits per heavy atom. The topological polar surface area (TPSA) is 106 Å². The average molecular weight is 631 g/mol. The number of likely N-dealkylation sites (tertiary alicyclic amines) is 1. The Labute approximate surface area is 272 Å². The minimum atomic E-state index is -0.464. The highest BCUT2D eigenvalue weighted by atomic mass is 19.1. The van der Waals surface area contributed by atoms with Crippen molar-refractivity contribution in [1.82, 2.24) is 24.4 Å². The second-order valence-corrected chi connectivity index (χ2v) is 12.2. The van der Waals surface area contributed by atoms with E-state index in [9.17, 15) is 9.18 Å². The number of hydrogen-bond acceptors (Lipinski definition) is 8. The summed E-state index contributed by atoms with van der Waals surface area (Å²) in [5.74, 6) is 1.22. The number of aromatic nitrogens is 4. The number of carbonyl (C=O) groups excluding carboxylic acids is 1. The summed E-state index contributed by atoms with van der Waals surface area (Å²) in [5, 5.41) is 8.98. The number of rotatable bonds is 10. The lowest BCUT2D eigenvalue weighted by Gasteiger charge is -2.32. The standard InChI is InChI=1S/C37H35FN6O3/c1-24(45)28-18-30(33-5-2-3-13-40-33)37-34(19-28)44(21-29-12-16-46-29)35(42-37)22-43-14-10-26(11-15-43)32-6-4-7-36(41-32)47-23-27-9-8-25(20-39)17-31(27)38/h2-9,13,17-19,26,29H,10-12,14-16,21-23H2,1H3/t29-/m0/s1. The van der Waals surface area contributed by atoms with Crippen molar-refractivity contribution in [3.63, 3.8) is 0 Å². The zero-order chi connectivity index (χ0) is 32.3. The quantitative estimate of drug-likeness (QED) is 0.162. The van der Waals surface area contributed by atoms with Crippen molar-refractivity contribution in [3.8, 4) is 23.2 Å². The van der Waals surface area contributed by atoms with Gasteiger partial charge in [0.05, 0.1) is 47.6 Å². The lowest BCUT2D eigenvalue weighted by Crippen LogP contribution is -2.35. The molecule has 10 heteroatoms. The van der Waals surface area contributed by atoms with Crippen LogP contribution >= 0.6 is 0 Å². The molecule has 0 saturated carbocycles. The van der Waals surface area contributed by atoms with E-state index < -0.39 is 5.82 Å². The van der Waals surface area contributed by atoms with Crippen molar-refractivity contribution in [2.45, 2.75) is 57.9 Å². The number of Topliss-reactive ketones (excluding diaryl/α,β-unsaturated/α-hetero) is 1. The molecule has 0 spiro atoms. The number of imidazole rings is 1. The molecular weight excluding hydrogens is 595 g/mol. The number of fused-ring (bicyclic) bond motifs is 1. The first-order valence-corrected chi connectivity index (χ1v) is 16.0. The molecule has 1 atom stereocenters. The molecule has 5 heterocycles. The van der Waals surface area contributed by atoms with Gasteiger partial charge in [-0.2, -0.15) is 5.26 Å². The first-order chi connectivity index (χ1) is 22.9. The van der Waals surface area contributed by atoms with Gasteiger partial charge < -0.3 is 14.0 Å². The molecular formula is C37H35FN6O3. The molecule has 0 radical (unpaired) electrons. The van der Waals surface area contributed by atoms with Gasteiger partial charge in [0.15, 0.2) is 5.78 Å². The molecule has 0 bridgehead atoms. The Morgan fingerprint density at radius 1 is 1.06 bits per heavy atom. The van der Waals surface area contributed by atoms with Gasteiger partial charge in [0.2, 0.25) is 5.88 Å². The maximum absolute atomic E-state index is 14.3. The van der Waals surface area contributed by atoms with Crippen molar-refractivity contribution in [2.24, 2.45) is 0 Å². The second kappa shape index (κ2) is 13.4. The van der Waals surface area contributed by atoms with Gasteiger partial charge in [-0.15, -0.1) is 0 Å². The van der Waals surface area contributed by atoms with Crippen molar-refractivity contribution < 1.29 is 18.7 Å². The minimum Gasteiger partial charge on any atom is -0.473 e. The molecule has 2 fully saturated rings. The van der Waals surface area contributed by atoms with Crippen LogP contribution in [0, 0.1) is 17.1 Å². The Bertz CT molecular complexity index is 1960. The lowest BCUT2D eigenvalue weighted by molar-refractivity contribution is -0.0592. The molecule has 2 aliphatic rings. The number of ketones is 1. The predicted octanol–water partition coefficient (Wildman–Crippen LogP) is 6.45. The first kappa shape index (κ1) is 30.7. The summed E-state index contributed by atoms with van der Waals surface area (Å²) in [6.07, 6.45) is 4.76. The van der Waals surface area contributed by atoms with Gasteiger partial charge in [-0.3, -0.25) is 14.7 Å². The number of ether oxygens (including phenoxy) is 2. The van der Waals surface area contributed by atoms with Crippen LogP contribution in [0.4, 0.5) is 4.39 Å². The number of carbonyl (C=O) groups is 1. The van der Waals surface area contributed by atoms with E-state index >= 15 is 0 Å². The van der Waals surface area contributed by atoms with E-state index in [2.05, 4.69) is 14.5 Å². The second-order valence-electron chi connectivity index (χ2n) is 12.2. The highest BCUT2D eigenvalue weighted by Crippen LogP contribution is 2.33. The van der Waals surface area contributed by atoms with E-state index in [4.69, 9.17) is 24.7 Å². The number of hydrogen-bond donors (Lipinski definition) is 0. The number of halogens is 1. The molecule has 2 aromatic carbocycles. The number of nitriles is 1. The maximum Gasteiger partial charge on any atom is 0.213 e. The predicted molar refractivity (Wildman–Crippen MR) is 174 cm³/mol. The molecule has 9 nitrogen and oxygen atoms in total. The molecule has 3 aromatic heterocycles. The average Bonchev–Trinajstić information content (AvgIpc) is 3.42. The van der Waals surface area contributed by atoms with Gasteiger partial charge in [0.25, 0.3) is 0 Å². The van der Waals surface area contributed by atoms with E-state index in [1.807, 2.05) is 48.5 Å². The largest absolute Gasteiger partial charge is 0.473 e. The highest BCUT2D eigenvalue weighted by Gasteiger charge is 2.27. The molecule has 5 aromatic rings. The molecule has 238 valence electrons. The number of pyridine rings is 2.